The molecule has 0 saturated carbocycles. The summed E-state index contributed by atoms with van der Waals surface area (Å²) in [5, 5.41) is 49.3. The highest BCUT2D eigenvalue weighted by molar-refractivity contribution is 5.90. The number of carboxylic acids is 2. The molecule has 44 heavy (non-hydrogen) atoms. The van der Waals surface area contributed by atoms with Gasteiger partial charge in [-0.25, -0.2) is 19.4 Å². The number of hydrogen-bond donors (Lipinski definition) is 5. The van der Waals surface area contributed by atoms with E-state index in [4.69, 9.17) is 14.5 Å². The van der Waals surface area contributed by atoms with Gasteiger partial charge in [0.2, 0.25) is 0 Å². The molecule has 10 heteroatoms. The van der Waals surface area contributed by atoms with E-state index < -0.39 is 49.1 Å². The van der Waals surface area contributed by atoms with Crippen molar-refractivity contribution in [2.45, 2.75) is 71.1 Å². The highest BCUT2D eigenvalue weighted by Crippen LogP contribution is 2.34. The fourth-order valence-electron chi connectivity index (χ4n) is 4.55. The largest absolute Gasteiger partial charge is 0.484 e. The van der Waals surface area contributed by atoms with E-state index in [0.29, 0.717) is 11.5 Å². The van der Waals surface area contributed by atoms with E-state index in [-0.39, 0.29) is 17.3 Å². The van der Waals surface area contributed by atoms with Crippen LogP contribution in [0.2, 0.25) is 0 Å². The van der Waals surface area contributed by atoms with Crippen LogP contribution in [0.15, 0.2) is 108 Å². The molecule has 2 rings (SSSR count). The van der Waals surface area contributed by atoms with Gasteiger partial charge >= 0.3 is 11.9 Å². The predicted octanol–water partition coefficient (Wildman–Crippen LogP) is 4.50. The third kappa shape index (κ3) is 11.4. The standard InChI is InChI=1S/C34H44O10/c1-5-22(2)18-24(4)20-25(33(38)39)19-23(3)16-14-12-10-8-6-7-9-11-13-15-17-26-28(34(40)41)31-30(37)32(42-26)29(36)27(21-35)43-44-31/h6-17,19-20,22,24,27,29-32,35-37H,5,18,21H2,1-4H3,(H,38,39)(H,40,41). The van der Waals surface area contributed by atoms with Crippen LogP contribution in [0.1, 0.15) is 40.5 Å². The minimum atomic E-state index is -1.51. The predicted molar refractivity (Wildman–Crippen MR) is 166 cm³/mol. The van der Waals surface area contributed by atoms with Crippen molar-refractivity contribution in [1.29, 1.82) is 0 Å². The summed E-state index contributed by atoms with van der Waals surface area (Å²) < 4.78 is 5.57. The lowest BCUT2D eigenvalue weighted by Crippen LogP contribution is -2.52. The molecule has 0 amide bonds. The van der Waals surface area contributed by atoms with Gasteiger partial charge in [-0.2, -0.15) is 0 Å². The number of aliphatic hydroxyl groups excluding tert-OH is 3. The fourth-order valence-corrected chi connectivity index (χ4v) is 4.55. The van der Waals surface area contributed by atoms with Crippen LogP contribution >= 0.6 is 0 Å². The fraction of sp³-hybridized carbons (Fsp3) is 0.412. The van der Waals surface area contributed by atoms with Crippen molar-refractivity contribution in [3.05, 3.63) is 108 Å². The van der Waals surface area contributed by atoms with Crippen LogP contribution in [0.5, 0.6) is 0 Å². The number of hydrogen-bond acceptors (Lipinski definition) is 8. The van der Waals surface area contributed by atoms with Crippen molar-refractivity contribution >= 4 is 11.9 Å². The summed E-state index contributed by atoms with van der Waals surface area (Å²) in [6, 6.07) is 0. The number of aliphatic hydroxyl groups is 3. The van der Waals surface area contributed by atoms with E-state index in [1.54, 1.807) is 30.4 Å². The quantitative estimate of drug-likeness (QED) is 0.101. The molecule has 1 fully saturated rings. The summed E-state index contributed by atoms with van der Waals surface area (Å²) in [4.78, 5) is 33.4. The van der Waals surface area contributed by atoms with E-state index in [0.717, 1.165) is 18.4 Å². The number of aliphatic carboxylic acids is 2. The molecule has 0 radical (unpaired) electrons. The molecule has 2 bridgehead atoms. The van der Waals surface area contributed by atoms with Gasteiger partial charge in [0, 0.05) is 0 Å². The van der Waals surface area contributed by atoms with Crippen LogP contribution in [-0.2, 0) is 24.1 Å². The molecule has 2 aliphatic rings. The molecular weight excluding hydrogens is 568 g/mol. The average Bonchev–Trinajstić information content (AvgIpc) is 3.04. The second-order valence-corrected chi connectivity index (χ2v) is 10.8. The van der Waals surface area contributed by atoms with Gasteiger partial charge in [-0.3, -0.25) is 0 Å². The Balaban J connectivity index is 1.93. The van der Waals surface area contributed by atoms with Gasteiger partial charge in [0.05, 0.1) is 12.2 Å². The van der Waals surface area contributed by atoms with Gasteiger partial charge < -0.3 is 30.3 Å². The molecule has 0 aromatic carbocycles. The van der Waals surface area contributed by atoms with Crippen molar-refractivity contribution in [2.24, 2.45) is 11.8 Å². The van der Waals surface area contributed by atoms with Gasteiger partial charge in [-0.05, 0) is 37.3 Å². The lowest BCUT2D eigenvalue weighted by Gasteiger charge is -2.34. The zero-order valence-corrected chi connectivity index (χ0v) is 25.5. The zero-order chi connectivity index (χ0) is 32.6. The minimum absolute atomic E-state index is 0.109. The van der Waals surface area contributed by atoms with Crippen LogP contribution < -0.4 is 0 Å². The summed E-state index contributed by atoms with van der Waals surface area (Å²) in [6.07, 6.45) is 19.4. The first kappa shape index (κ1) is 36.4. The van der Waals surface area contributed by atoms with Crippen LogP contribution in [0, 0.1) is 11.8 Å². The Morgan fingerprint density at radius 2 is 1.48 bits per heavy atom. The van der Waals surface area contributed by atoms with Gasteiger partial charge in [0.15, 0.2) is 12.2 Å². The number of ether oxygens (including phenoxy) is 1. The molecule has 7 unspecified atom stereocenters. The summed E-state index contributed by atoms with van der Waals surface area (Å²) in [5.41, 5.74) is 0.743. The van der Waals surface area contributed by atoms with E-state index in [1.165, 1.54) is 12.2 Å². The Morgan fingerprint density at radius 3 is 2.02 bits per heavy atom. The second kappa shape index (κ2) is 18.8. The molecule has 0 aromatic heterocycles. The van der Waals surface area contributed by atoms with E-state index in [1.807, 2.05) is 56.4 Å². The first-order valence-corrected chi connectivity index (χ1v) is 14.6. The Labute approximate surface area is 258 Å². The molecule has 2 aliphatic heterocycles. The average molecular weight is 613 g/mol. The maximum Gasteiger partial charge on any atom is 0.338 e. The molecule has 1 saturated heterocycles. The number of allylic oxidation sites excluding steroid dienone is 14. The minimum Gasteiger partial charge on any atom is -0.484 e. The molecule has 7 atom stereocenters. The Morgan fingerprint density at radius 1 is 0.886 bits per heavy atom. The monoisotopic (exact) mass is 612 g/mol. The Hall–Kier alpha value is -3.80. The first-order valence-electron chi connectivity index (χ1n) is 14.6. The van der Waals surface area contributed by atoms with Gasteiger partial charge in [0.25, 0.3) is 0 Å². The topological polar surface area (TPSA) is 163 Å². The SMILES string of the molecule is CCC(C)CC(C)C=C(C=C(C)C=CC=CC=CC=CC=CC=CC1=C(C(=O)O)C2OOC(CO)C(O)C(O1)C2O)C(=O)O. The smallest absolute Gasteiger partial charge is 0.338 e. The molecule has 0 spiro atoms. The second-order valence-electron chi connectivity index (χ2n) is 10.8. The number of carbonyl (C=O) groups is 2. The lowest BCUT2D eigenvalue weighted by atomic mass is 9.91. The maximum atomic E-state index is 11.8. The highest BCUT2D eigenvalue weighted by atomic mass is 17.2. The van der Waals surface area contributed by atoms with Crippen LogP contribution in [0.4, 0.5) is 0 Å². The summed E-state index contributed by atoms with van der Waals surface area (Å²) in [7, 11) is 0. The maximum absolute atomic E-state index is 11.8. The third-order valence-corrected chi connectivity index (χ3v) is 7.04. The van der Waals surface area contributed by atoms with Crippen LogP contribution in [-0.4, -0.2) is 74.6 Å². The van der Waals surface area contributed by atoms with Crippen molar-refractivity contribution < 1.29 is 49.6 Å². The van der Waals surface area contributed by atoms with Gasteiger partial charge in [-0.1, -0.05) is 106 Å². The number of fused-ring (bicyclic) bond motifs is 2. The molecule has 2 heterocycles. The Bertz CT molecular complexity index is 1250. The van der Waals surface area contributed by atoms with E-state index in [2.05, 4.69) is 13.8 Å². The zero-order valence-electron chi connectivity index (χ0n) is 25.5. The van der Waals surface area contributed by atoms with Crippen LogP contribution in [0.25, 0.3) is 0 Å². The molecule has 0 aliphatic carbocycles. The van der Waals surface area contributed by atoms with Crippen molar-refractivity contribution in [2.75, 3.05) is 6.61 Å². The summed E-state index contributed by atoms with van der Waals surface area (Å²) in [6.45, 7) is 7.57. The summed E-state index contributed by atoms with van der Waals surface area (Å²) >= 11 is 0. The van der Waals surface area contributed by atoms with Crippen molar-refractivity contribution in [3.63, 3.8) is 0 Å². The first-order chi connectivity index (χ1) is 21.0. The van der Waals surface area contributed by atoms with Crippen molar-refractivity contribution in [1.82, 2.24) is 0 Å². The Kier molecular flexibility index (Phi) is 15.5. The third-order valence-electron chi connectivity index (χ3n) is 7.04. The molecule has 10 nitrogen and oxygen atoms in total. The molecular formula is C34H44O10. The van der Waals surface area contributed by atoms with Gasteiger partial charge in [0.1, 0.15) is 29.6 Å². The van der Waals surface area contributed by atoms with Gasteiger partial charge in [-0.15, -0.1) is 0 Å². The lowest BCUT2D eigenvalue weighted by molar-refractivity contribution is -0.355. The summed E-state index contributed by atoms with van der Waals surface area (Å²) in [5.74, 6) is -1.71. The number of carboxylic acid groups (broad SMARTS) is 2. The van der Waals surface area contributed by atoms with Crippen molar-refractivity contribution in [3.8, 4) is 0 Å². The number of rotatable bonds is 15. The molecule has 240 valence electrons. The van der Waals surface area contributed by atoms with Crippen LogP contribution in [0.3, 0.4) is 0 Å². The highest BCUT2D eigenvalue weighted by Gasteiger charge is 2.50. The molecule has 0 aromatic rings. The van der Waals surface area contributed by atoms with E-state index >= 15 is 0 Å². The molecule has 5 N–H and O–H groups in total. The van der Waals surface area contributed by atoms with E-state index in [9.17, 15) is 35.1 Å². The normalized spacial score (nSPS) is 26.8.